The third kappa shape index (κ3) is 4.30. The molecule has 0 bridgehead atoms. The summed E-state index contributed by atoms with van der Waals surface area (Å²) in [6.45, 7) is 0. The number of carbonyl (C=O) groups is 2. The molecule has 14 heavy (non-hydrogen) atoms. The second-order valence-electron chi connectivity index (χ2n) is 2.41. The van der Waals surface area contributed by atoms with E-state index in [-0.39, 0.29) is 12.8 Å². The summed E-state index contributed by atoms with van der Waals surface area (Å²) in [5.74, 6) is -0.592. The smallest absolute Gasteiger partial charge is 0.407 e. The first kappa shape index (κ1) is 12.2. The Morgan fingerprint density at radius 1 is 1.43 bits per heavy atom. The summed E-state index contributed by atoms with van der Waals surface area (Å²) in [7, 11) is 2.40. The third-order valence-electron chi connectivity index (χ3n) is 1.51. The second kappa shape index (κ2) is 6.71. The van der Waals surface area contributed by atoms with E-state index in [1.54, 1.807) is 0 Å². The molecule has 6 heteroatoms. The van der Waals surface area contributed by atoms with Gasteiger partial charge in [0.05, 0.1) is 20.3 Å². The first-order valence-electron chi connectivity index (χ1n) is 3.95. The molecule has 0 spiro atoms. The van der Waals surface area contributed by atoms with Gasteiger partial charge in [-0.25, -0.2) is 9.59 Å². The van der Waals surface area contributed by atoms with Crippen molar-refractivity contribution < 1.29 is 19.1 Å². The Morgan fingerprint density at radius 3 is 2.50 bits per heavy atom. The summed E-state index contributed by atoms with van der Waals surface area (Å²) in [6.07, 6.45) is -0.361. The number of amides is 1. The van der Waals surface area contributed by atoms with Crippen LogP contribution in [0.4, 0.5) is 4.79 Å². The number of alkyl carbamates (subject to hydrolysis) is 1. The number of ether oxygens (including phenoxy) is 2. The summed E-state index contributed by atoms with van der Waals surface area (Å²) in [5, 5.41) is 10.6. The van der Waals surface area contributed by atoms with Gasteiger partial charge in [0.25, 0.3) is 0 Å². The molecule has 1 amide bonds. The third-order valence-corrected chi connectivity index (χ3v) is 1.51. The van der Waals surface area contributed by atoms with Crippen LogP contribution in [-0.2, 0) is 14.3 Å². The molecule has 0 aliphatic heterocycles. The number of nitriles is 1. The van der Waals surface area contributed by atoms with Crippen molar-refractivity contribution in [3.8, 4) is 6.07 Å². The molecule has 0 aromatic carbocycles. The standard InChI is InChI=1S/C8H12N2O4/c1-13-7(11)6(4-3-5-9)10-8(12)14-2/h6H,3-4H2,1-2H3,(H,10,12)/t6-/m1/s1. The van der Waals surface area contributed by atoms with Crippen LogP contribution in [0.15, 0.2) is 0 Å². The number of rotatable bonds is 4. The van der Waals surface area contributed by atoms with Crippen LogP contribution in [0.1, 0.15) is 12.8 Å². The van der Waals surface area contributed by atoms with Crippen molar-refractivity contribution in [3.05, 3.63) is 0 Å². The van der Waals surface area contributed by atoms with Crippen molar-refractivity contribution in [1.29, 1.82) is 5.26 Å². The van der Waals surface area contributed by atoms with Crippen molar-refractivity contribution in [2.45, 2.75) is 18.9 Å². The van der Waals surface area contributed by atoms with Gasteiger partial charge in [-0.15, -0.1) is 0 Å². The number of carbonyl (C=O) groups excluding carboxylic acids is 2. The van der Waals surface area contributed by atoms with Crippen LogP contribution in [0.2, 0.25) is 0 Å². The first-order chi connectivity index (χ1) is 6.65. The monoisotopic (exact) mass is 200 g/mol. The second-order valence-corrected chi connectivity index (χ2v) is 2.41. The van der Waals surface area contributed by atoms with Gasteiger partial charge in [-0.1, -0.05) is 0 Å². The lowest BCUT2D eigenvalue weighted by molar-refractivity contribution is -0.143. The van der Waals surface area contributed by atoms with Gasteiger partial charge in [0.2, 0.25) is 0 Å². The van der Waals surface area contributed by atoms with Gasteiger partial charge in [-0.2, -0.15) is 5.26 Å². The van der Waals surface area contributed by atoms with Gasteiger partial charge < -0.3 is 14.8 Å². The fourth-order valence-corrected chi connectivity index (χ4v) is 0.801. The molecule has 0 aliphatic carbocycles. The Labute approximate surface area is 81.8 Å². The fraction of sp³-hybridized carbons (Fsp3) is 0.625. The van der Waals surface area contributed by atoms with Gasteiger partial charge in [0, 0.05) is 6.42 Å². The van der Waals surface area contributed by atoms with Gasteiger partial charge in [0.1, 0.15) is 6.04 Å². The largest absolute Gasteiger partial charge is 0.467 e. The van der Waals surface area contributed by atoms with Crippen LogP contribution in [0, 0.1) is 11.3 Å². The maximum atomic E-state index is 11.1. The average molecular weight is 200 g/mol. The quantitative estimate of drug-likeness (QED) is 0.654. The molecule has 0 saturated heterocycles. The van der Waals surface area contributed by atoms with E-state index in [4.69, 9.17) is 5.26 Å². The van der Waals surface area contributed by atoms with Gasteiger partial charge >= 0.3 is 12.1 Å². The molecule has 0 unspecified atom stereocenters. The fourth-order valence-electron chi connectivity index (χ4n) is 0.801. The minimum atomic E-state index is -0.827. The van der Waals surface area contributed by atoms with E-state index < -0.39 is 18.1 Å². The van der Waals surface area contributed by atoms with Crippen molar-refractivity contribution >= 4 is 12.1 Å². The molecule has 1 atom stereocenters. The zero-order chi connectivity index (χ0) is 11.0. The topological polar surface area (TPSA) is 88.4 Å². The lowest BCUT2D eigenvalue weighted by Crippen LogP contribution is -2.41. The maximum Gasteiger partial charge on any atom is 0.407 e. The highest BCUT2D eigenvalue weighted by molar-refractivity contribution is 5.81. The minimum Gasteiger partial charge on any atom is -0.467 e. The molecular weight excluding hydrogens is 188 g/mol. The highest BCUT2D eigenvalue weighted by Crippen LogP contribution is 1.99. The van der Waals surface area contributed by atoms with Crippen LogP contribution in [0.3, 0.4) is 0 Å². The van der Waals surface area contributed by atoms with Gasteiger partial charge in [0.15, 0.2) is 0 Å². The highest BCUT2D eigenvalue weighted by Gasteiger charge is 2.20. The number of nitrogens with one attached hydrogen (secondary N) is 1. The van der Waals surface area contributed by atoms with Crippen molar-refractivity contribution in [3.63, 3.8) is 0 Å². The molecule has 78 valence electrons. The number of hydrogen-bond acceptors (Lipinski definition) is 5. The molecular formula is C8H12N2O4. The summed E-state index contributed by atoms with van der Waals surface area (Å²) >= 11 is 0. The first-order valence-corrected chi connectivity index (χ1v) is 3.95. The Kier molecular flexibility index (Phi) is 5.87. The number of esters is 1. The minimum absolute atomic E-state index is 0.157. The molecule has 0 saturated carbocycles. The summed E-state index contributed by atoms with van der Waals surface area (Å²) in [4.78, 5) is 21.8. The summed E-state index contributed by atoms with van der Waals surface area (Å²) < 4.78 is 8.75. The highest BCUT2D eigenvalue weighted by atomic mass is 16.5. The normalized spacial score (nSPS) is 10.9. The predicted octanol–water partition coefficient (Wildman–Crippen LogP) is 0.188. The van der Waals surface area contributed by atoms with E-state index in [2.05, 4.69) is 14.8 Å². The van der Waals surface area contributed by atoms with Crippen LogP contribution in [0.25, 0.3) is 0 Å². The van der Waals surface area contributed by atoms with E-state index in [1.807, 2.05) is 6.07 Å². The molecule has 6 nitrogen and oxygen atoms in total. The van der Waals surface area contributed by atoms with E-state index in [0.717, 1.165) is 0 Å². The molecule has 1 N–H and O–H groups in total. The molecule has 0 aliphatic rings. The Morgan fingerprint density at radius 2 is 2.07 bits per heavy atom. The number of hydrogen-bond donors (Lipinski definition) is 1. The summed E-state index contributed by atoms with van der Waals surface area (Å²) in [6, 6.07) is 1.04. The van der Waals surface area contributed by atoms with Crippen molar-refractivity contribution in [1.82, 2.24) is 5.32 Å². The lowest BCUT2D eigenvalue weighted by atomic mass is 10.2. The zero-order valence-electron chi connectivity index (χ0n) is 8.07. The van der Waals surface area contributed by atoms with Crippen LogP contribution in [0.5, 0.6) is 0 Å². The van der Waals surface area contributed by atoms with Crippen LogP contribution >= 0.6 is 0 Å². The van der Waals surface area contributed by atoms with E-state index in [1.165, 1.54) is 14.2 Å². The molecule has 0 radical (unpaired) electrons. The van der Waals surface area contributed by atoms with E-state index in [0.29, 0.717) is 0 Å². The van der Waals surface area contributed by atoms with E-state index in [9.17, 15) is 9.59 Å². The molecule has 0 rings (SSSR count). The van der Waals surface area contributed by atoms with E-state index >= 15 is 0 Å². The zero-order valence-corrected chi connectivity index (χ0v) is 8.07. The Hall–Kier alpha value is -1.77. The van der Waals surface area contributed by atoms with Crippen molar-refractivity contribution in [2.75, 3.05) is 14.2 Å². The molecule has 0 aromatic rings. The summed E-state index contributed by atoms with van der Waals surface area (Å²) in [5.41, 5.74) is 0. The Balaban J connectivity index is 4.18. The molecule has 0 heterocycles. The number of methoxy groups -OCH3 is 2. The van der Waals surface area contributed by atoms with Crippen molar-refractivity contribution in [2.24, 2.45) is 0 Å². The average Bonchev–Trinajstić information content (AvgIpc) is 2.22. The SMILES string of the molecule is COC(=O)N[C@H](CCC#N)C(=O)OC. The lowest BCUT2D eigenvalue weighted by Gasteiger charge is -2.13. The maximum absolute atomic E-state index is 11.1. The van der Waals surface area contributed by atoms with Crippen LogP contribution in [-0.4, -0.2) is 32.3 Å². The molecule has 0 fully saturated rings. The number of nitrogens with zero attached hydrogens (tertiary/aromatic N) is 1. The Bertz CT molecular complexity index is 246. The predicted molar refractivity (Wildman–Crippen MR) is 46.2 cm³/mol. The van der Waals surface area contributed by atoms with Gasteiger partial charge in [-0.05, 0) is 6.42 Å². The van der Waals surface area contributed by atoms with Crippen LogP contribution < -0.4 is 5.32 Å². The molecule has 0 aromatic heterocycles. The van der Waals surface area contributed by atoms with Gasteiger partial charge in [-0.3, -0.25) is 0 Å².